The number of hydrogen-bond donors (Lipinski definition) is 1. The van der Waals surface area contributed by atoms with Crippen LogP contribution in [0, 0.1) is 6.92 Å². The van der Waals surface area contributed by atoms with Crippen molar-refractivity contribution in [2.45, 2.75) is 35.7 Å². The van der Waals surface area contributed by atoms with Gasteiger partial charge in [-0.2, -0.15) is 0 Å². The Hall–Kier alpha value is 0.570. The van der Waals surface area contributed by atoms with E-state index in [1.165, 1.54) is 11.3 Å². The van der Waals surface area contributed by atoms with Crippen molar-refractivity contribution in [2.75, 3.05) is 6.54 Å². The third-order valence-electron chi connectivity index (χ3n) is 2.20. The highest BCUT2D eigenvalue weighted by Crippen LogP contribution is 2.30. The predicted molar refractivity (Wildman–Crippen MR) is 79.6 cm³/mol. The molecule has 0 aliphatic carbocycles. The van der Waals surface area contributed by atoms with E-state index in [0.29, 0.717) is 10.8 Å². The van der Waals surface area contributed by atoms with E-state index < -0.39 is 10.0 Å². The molecule has 0 radical (unpaired) electrons. The Labute approximate surface area is 123 Å². The molecule has 0 aromatic carbocycles. The summed E-state index contributed by atoms with van der Waals surface area (Å²) < 4.78 is 27.8. The average Bonchev–Trinajstić information content (AvgIpc) is 2.58. The molecule has 0 fully saturated rings. The highest BCUT2D eigenvalue weighted by molar-refractivity contribution is 9.11. The second-order valence-electron chi connectivity index (χ2n) is 3.76. The number of alkyl halides is 1. The van der Waals surface area contributed by atoms with E-state index >= 15 is 0 Å². The van der Waals surface area contributed by atoms with Crippen molar-refractivity contribution in [1.82, 2.24) is 4.72 Å². The van der Waals surface area contributed by atoms with Gasteiger partial charge in [0.05, 0.1) is 3.79 Å². The maximum atomic E-state index is 12.0. The summed E-state index contributed by atoms with van der Waals surface area (Å²) in [5, 5.41) is 0. The minimum absolute atomic E-state index is 0.187. The smallest absolute Gasteiger partial charge is 0.209 e. The van der Waals surface area contributed by atoms with Gasteiger partial charge in [0, 0.05) is 11.4 Å². The molecule has 0 amide bonds. The second-order valence-corrected chi connectivity index (χ2v) is 9.42. The van der Waals surface area contributed by atoms with Crippen LogP contribution in [-0.4, -0.2) is 19.8 Å². The Kier molecular flexibility index (Phi) is 6.12. The minimum atomic E-state index is -3.37. The molecule has 17 heavy (non-hydrogen) atoms. The fourth-order valence-electron chi connectivity index (χ4n) is 1.25. The van der Waals surface area contributed by atoms with Gasteiger partial charge < -0.3 is 0 Å². The minimum Gasteiger partial charge on any atom is -0.209 e. The second kappa shape index (κ2) is 6.65. The molecule has 1 rings (SSSR count). The van der Waals surface area contributed by atoms with Gasteiger partial charge in [0.1, 0.15) is 4.21 Å². The fraction of sp³-hybridized carbons (Fsp3) is 0.600. The first-order valence-electron chi connectivity index (χ1n) is 5.26. The van der Waals surface area contributed by atoms with E-state index in [1.54, 1.807) is 6.07 Å². The van der Waals surface area contributed by atoms with Crippen LogP contribution in [0.5, 0.6) is 0 Å². The van der Waals surface area contributed by atoms with Crippen LogP contribution in [0.4, 0.5) is 0 Å². The Bertz CT molecular complexity index is 451. The topological polar surface area (TPSA) is 46.2 Å². The summed E-state index contributed by atoms with van der Waals surface area (Å²) >= 11 is 8.02. The molecule has 0 bridgehead atoms. The first kappa shape index (κ1) is 15.6. The van der Waals surface area contributed by atoms with E-state index in [1.807, 2.05) is 6.92 Å². The SMILES string of the molecule is CCCC(Br)CNS(=O)(=O)c1cc(C)c(Br)s1. The summed E-state index contributed by atoms with van der Waals surface area (Å²) in [7, 11) is -3.37. The van der Waals surface area contributed by atoms with Gasteiger partial charge in [-0.1, -0.05) is 29.3 Å². The van der Waals surface area contributed by atoms with Crippen molar-refractivity contribution in [3.05, 3.63) is 15.4 Å². The van der Waals surface area contributed by atoms with E-state index in [0.717, 1.165) is 22.2 Å². The molecule has 3 nitrogen and oxygen atoms in total. The monoisotopic (exact) mass is 403 g/mol. The zero-order valence-corrected chi connectivity index (χ0v) is 14.5. The van der Waals surface area contributed by atoms with Crippen molar-refractivity contribution in [3.8, 4) is 0 Å². The number of halogens is 2. The maximum absolute atomic E-state index is 12.0. The van der Waals surface area contributed by atoms with Crippen molar-refractivity contribution < 1.29 is 8.42 Å². The number of thiophene rings is 1. The largest absolute Gasteiger partial charge is 0.250 e. The summed E-state index contributed by atoms with van der Waals surface area (Å²) in [6, 6.07) is 1.68. The first-order valence-corrected chi connectivity index (χ1v) is 9.27. The highest BCUT2D eigenvalue weighted by Gasteiger charge is 2.18. The van der Waals surface area contributed by atoms with Crippen LogP contribution in [-0.2, 0) is 10.0 Å². The summed E-state index contributed by atoms with van der Waals surface area (Å²) in [4.78, 5) is 0.187. The molecular formula is C10H15Br2NO2S2. The Morgan fingerprint density at radius 1 is 1.53 bits per heavy atom. The third kappa shape index (κ3) is 4.63. The van der Waals surface area contributed by atoms with Crippen molar-refractivity contribution in [2.24, 2.45) is 0 Å². The van der Waals surface area contributed by atoms with E-state index in [2.05, 4.69) is 43.5 Å². The Morgan fingerprint density at radius 3 is 2.65 bits per heavy atom. The van der Waals surface area contributed by atoms with Crippen molar-refractivity contribution in [1.29, 1.82) is 0 Å². The molecule has 1 heterocycles. The summed E-state index contributed by atoms with van der Waals surface area (Å²) in [6.07, 6.45) is 1.98. The van der Waals surface area contributed by atoms with Gasteiger partial charge in [-0.3, -0.25) is 0 Å². The lowest BCUT2D eigenvalue weighted by Crippen LogP contribution is -2.29. The first-order chi connectivity index (χ1) is 7.86. The van der Waals surface area contributed by atoms with Gasteiger partial charge in [-0.25, -0.2) is 13.1 Å². The van der Waals surface area contributed by atoms with Crippen LogP contribution in [0.1, 0.15) is 25.3 Å². The van der Waals surface area contributed by atoms with Crippen LogP contribution in [0.25, 0.3) is 0 Å². The lowest BCUT2D eigenvalue weighted by Gasteiger charge is -2.09. The zero-order valence-electron chi connectivity index (χ0n) is 9.66. The molecule has 0 saturated carbocycles. The van der Waals surface area contributed by atoms with Gasteiger partial charge >= 0.3 is 0 Å². The molecule has 7 heteroatoms. The maximum Gasteiger partial charge on any atom is 0.250 e. The van der Waals surface area contributed by atoms with Gasteiger partial charge in [-0.05, 0) is 40.9 Å². The van der Waals surface area contributed by atoms with Gasteiger partial charge in [0.25, 0.3) is 0 Å². The molecule has 1 aromatic rings. The molecule has 0 saturated heterocycles. The lowest BCUT2D eigenvalue weighted by molar-refractivity contribution is 0.580. The van der Waals surface area contributed by atoms with Crippen LogP contribution < -0.4 is 4.72 Å². The van der Waals surface area contributed by atoms with Crippen LogP contribution in [0.2, 0.25) is 0 Å². The predicted octanol–water partition coefficient (Wildman–Crippen LogP) is 3.66. The average molecular weight is 405 g/mol. The molecule has 0 aliphatic heterocycles. The van der Waals surface area contributed by atoms with Gasteiger partial charge in [0.2, 0.25) is 10.0 Å². The summed E-state index contributed by atoms with van der Waals surface area (Å²) in [5.41, 5.74) is 0.944. The number of sulfonamides is 1. The van der Waals surface area contributed by atoms with E-state index in [4.69, 9.17) is 0 Å². The zero-order chi connectivity index (χ0) is 13.1. The molecule has 1 N–H and O–H groups in total. The highest BCUT2D eigenvalue weighted by atomic mass is 79.9. The van der Waals surface area contributed by atoms with Crippen LogP contribution in [0.3, 0.4) is 0 Å². The number of aryl methyl sites for hydroxylation is 1. The quantitative estimate of drug-likeness (QED) is 0.735. The Balaban J connectivity index is 2.69. The summed E-state index contributed by atoms with van der Waals surface area (Å²) in [6.45, 7) is 4.37. The van der Waals surface area contributed by atoms with E-state index in [9.17, 15) is 8.42 Å². The number of rotatable bonds is 6. The molecule has 0 spiro atoms. The molecule has 0 aliphatic rings. The molecule has 98 valence electrons. The lowest BCUT2D eigenvalue weighted by atomic mass is 10.2. The van der Waals surface area contributed by atoms with E-state index in [-0.39, 0.29) is 4.83 Å². The normalized spacial score (nSPS) is 13.9. The standard InChI is InChI=1S/C10H15Br2NO2S2/c1-3-4-8(11)6-13-17(14,15)9-5-7(2)10(12)16-9/h5,8,13H,3-4,6H2,1-2H3. The molecule has 1 unspecified atom stereocenters. The van der Waals surface area contributed by atoms with Crippen molar-refractivity contribution in [3.63, 3.8) is 0 Å². The number of hydrogen-bond acceptors (Lipinski definition) is 3. The third-order valence-corrected chi connectivity index (χ3v) is 7.01. The molecule has 1 atom stereocenters. The van der Waals surface area contributed by atoms with Crippen LogP contribution >= 0.6 is 43.2 Å². The fourth-order valence-corrected chi connectivity index (χ4v) is 5.44. The van der Waals surface area contributed by atoms with Crippen molar-refractivity contribution >= 4 is 53.2 Å². The van der Waals surface area contributed by atoms with Crippen LogP contribution in [0.15, 0.2) is 14.1 Å². The Morgan fingerprint density at radius 2 is 2.18 bits per heavy atom. The molecule has 1 aromatic heterocycles. The summed E-state index contributed by atoms with van der Waals surface area (Å²) in [5.74, 6) is 0. The van der Waals surface area contributed by atoms with Gasteiger partial charge in [0.15, 0.2) is 0 Å². The molecular weight excluding hydrogens is 390 g/mol. The number of nitrogens with one attached hydrogen (secondary N) is 1. The van der Waals surface area contributed by atoms with Gasteiger partial charge in [-0.15, -0.1) is 11.3 Å².